The minimum atomic E-state index is -1.41. The molecule has 0 heterocycles. The Kier molecular flexibility index (Phi) is 9.08. The van der Waals surface area contributed by atoms with Gasteiger partial charge in [-0.1, -0.05) is 0 Å². The molecule has 0 rings (SSSR count). The van der Waals surface area contributed by atoms with Gasteiger partial charge in [-0.05, 0) is 6.42 Å². The number of amides is 2. The highest BCUT2D eigenvalue weighted by Crippen LogP contribution is 1.99. The van der Waals surface area contributed by atoms with Crippen molar-refractivity contribution in [2.75, 3.05) is 12.3 Å². The molecule has 21 heavy (non-hydrogen) atoms. The third kappa shape index (κ3) is 8.12. The zero-order valence-corrected chi connectivity index (χ0v) is 11.8. The van der Waals surface area contributed by atoms with E-state index in [0.29, 0.717) is 0 Å². The van der Waals surface area contributed by atoms with E-state index in [0.717, 1.165) is 0 Å². The van der Waals surface area contributed by atoms with E-state index in [1.807, 2.05) is 0 Å². The summed E-state index contributed by atoms with van der Waals surface area (Å²) in [7, 11) is 0. The van der Waals surface area contributed by atoms with E-state index in [4.69, 9.17) is 10.2 Å². The molecule has 0 bridgehead atoms. The average molecular weight is 322 g/mol. The number of carbonyl (C=O) groups excluding carboxylic acids is 2. The highest BCUT2D eigenvalue weighted by molar-refractivity contribution is 7.80. The number of carbonyl (C=O) groups is 4. The van der Waals surface area contributed by atoms with Gasteiger partial charge in [-0.3, -0.25) is 19.2 Å². The van der Waals surface area contributed by atoms with Gasteiger partial charge in [0.1, 0.15) is 12.6 Å². The van der Waals surface area contributed by atoms with Gasteiger partial charge in [-0.25, -0.2) is 0 Å². The van der Waals surface area contributed by atoms with Gasteiger partial charge in [0, 0.05) is 12.2 Å². The first-order valence-corrected chi connectivity index (χ1v) is 6.45. The summed E-state index contributed by atoms with van der Waals surface area (Å²) in [6, 6.07) is -2.46. The lowest BCUT2D eigenvalue weighted by atomic mass is 10.1. The predicted molar refractivity (Wildman–Crippen MR) is 73.6 cm³/mol. The highest BCUT2D eigenvalue weighted by Gasteiger charge is 2.21. The van der Waals surface area contributed by atoms with Crippen LogP contribution in [0, 0.1) is 5.21 Å². The molecule has 0 aliphatic heterocycles. The Balaban J connectivity index is 4.29. The van der Waals surface area contributed by atoms with Crippen LogP contribution in [0.5, 0.6) is 0 Å². The average Bonchev–Trinajstić information content (AvgIpc) is 2.42. The van der Waals surface area contributed by atoms with E-state index in [-0.39, 0.29) is 18.6 Å². The van der Waals surface area contributed by atoms with Crippen LogP contribution in [-0.4, -0.2) is 58.3 Å². The molecule has 0 radical (unpaired) electrons. The molecule has 0 aromatic rings. The summed E-state index contributed by atoms with van der Waals surface area (Å²) in [4.78, 5) is 43.9. The Hall–Kier alpha value is -1.85. The van der Waals surface area contributed by atoms with E-state index in [2.05, 4.69) is 23.3 Å². The lowest BCUT2D eigenvalue weighted by Gasteiger charge is -2.19. The summed E-state index contributed by atoms with van der Waals surface area (Å²) in [5.41, 5.74) is 1.29. The summed E-state index contributed by atoms with van der Waals surface area (Å²) in [5.74, 6) is -4.07. The normalized spacial score (nSPS) is 13.0. The molecule has 120 valence electrons. The van der Waals surface area contributed by atoms with Crippen molar-refractivity contribution in [1.82, 2.24) is 16.1 Å². The van der Waals surface area contributed by atoms with Gasteiger partial charge >= 0.3 is 11.9 Å². The number of rotatable bonds is 10. The molecule has 0 aliphatic carbocycles. The molecule has 5 N–H and O–H groups in total. The van der Waals surface area contributed by atoms with Crippen molar-refractivity contribution >= 4 is 36.4 Å². The molecule has 2 amide bonds. The van der Waals surface area contributed by atoms with Crippen LogP contribution in [0.2, 0.25) is 0 Å². The fraction of sp³-hybridized carbons (Fsp3) is 0.600. The molecule has 0 aromatic carbocycles. The predicted octanol–water partition coefficient (Wildman–Crippen LogP) is -2.08. The van der Waals surface area contributed by atoms with Gasteiger partial charge in [0.2, 0.25) is 11.8 Å². The summed E-state index contributed by atoms with van der Waals surface area (Å²) >= 11 is 3.85. The summed E-state index contributed by atoms with van der Waals surface area (Å²) < 4.78 is 0. The second kappa shape index (κ2) is 9.96. The molecule has 0 aliphatic rings. The second-order valence-corrected chi connectivity index (χ2v) is 4.33. The molecule has 0 unspecified atom stereocenters. The molecular formula is C10H16N3O7S-. The zero-order valence-electron chi connectivity index (χ0n) is 10.9. The van der Waals surface area contributed by atoms with Crippen molar-refractivity contribution in [1.29, 1.82) is 0 Å². The van der Waals surface area contributed by atoms with Crippen LogP contribution in [-0.2, 0) is 19.2 Å². The van der Waals surface area contributed by atoms with E-state index >= 15 is 0 Å². The molecule has 0 fully saturated rings. The van der Waals surface area contributed by atoms with Crippen LogP contribution in [0.4, 0.5) is 0 Å². The van der Waals surface area contributed by atoms with Crippen LogP contribution >= 0.6 is 12.6 Å². The van der Waals surface area contributed by atoms with Crippen LogP contribution in [0.15, 0.2) is 0 Å². The van der Waals surface area contributed by atoms with Crippen molar-refractivity contribution in [3.05, 3.63) is 5.21 Å². The number of aliphatic carboxylic acids is 2. The number of nitrogens with one attached hydrogen (secondary N) is 3. The monoisotopic (exact) mass is 322 g/mol. The third-order valence-electron chi connectivity index (χ3n) is 2.35. The third-order valence-corrected chi connectivity index (χ3v) is 2.71. The summed E-state index contributed by atoms with van der Waals surface area (Å²) in [6.45, 7) is -0.597. The molecular weight excluding hydrogens is 306 g/mol. The van der Waals surface area contributed by atoms with Gasteiger partial charge < -0.3 is 31.5 Å². The van der Waals surface area contributed by atoms with Crippen molar-refractivity contribution < 1.29 is 29.4 Å². The van der Waals surface area contributed by atoms with Gasteiger partial charge in [0.15, 0.2) is 0 Å². The van der Waals surface area contributed by atoms with Gasteiger partial charge in [0.05, 0.1) is 6.04 Å². The molecule has 0 spiro atoms. The lowest BCUT2D eigenvalue weighted by Crippen LogP contribution is -2.49. The minimum absolute atomic E-state index is 0.0701. The van der Waals surface area contributed by atoms with E-state index in [1.54, 1.807) is 0 Å². The maximum Gasteiger partial charge on any atom is 0.322 e. The van der Waals surface area contributed by atoms with E-state index in [1.165, 1.54) is 5.48 Å². The summed E-state index contributed by atoms with van der Waals surface area (Å²) in [5, 5.41) is 31.7. The van der Waals surface area contributed by atoms with Gasteiger partial charge in [-0.15, -0.1) is 0 Å². The topological polar surface area (TPSA) is 168 Å². The summed E-state index contributed by atoms with van der Waals surface area (Å²) in [6.07, 6.45) is -0.538. The Morgan fingerprint density at radius 3 is 2.19 bits per heavy atom. The Morgan fingerprint density at radius 1 is 1.14 bits per heavy atom. The molecule has 2 atom stereocenters. The standard InChI is InChI=1S/C10H16N3O7S/c14-7(2-1-5(13-20)10(18)19)12-6(4-21)9(17)11-3-8(15)16/h5-6,13,21H,1-4H2,(H,11,17)(H,12,14)(H,15,16)(H,18,19)/q-1/t5-,6-/m0/s1. The fourth-order valence-corrected chi connectivity index (χ4v) is 1.51. The van der Waals surface area contributed by atoms with E-state index in [9.17, 15) is 24.4 Å². The number of hydroxylamine groups is 1. The first-order valence-electron chi connectivity index (χ1n) is 5.82. The number of hydrogen-bond donors (Lipinski definition) is 6. The zero-order chi connectivity index (χ0) is 16.4. The first kappa shape index (κ1) is 19.1. The Labute approximate surface area is 125 Å². The van der Waals surface area contributed by atoms with Crippen molar-refractivity contribution in [3.63, 3.8) is 0 Å². The SMILES string of the molecule is O=C(O)CNC(=O)[C@H](CS)NC(=O)CC[C@H](N[O-])C(=O)O. The lowest BCUT2D eigenvalue weighted by molar-refractivity contribution is -0.139. The van der Waals surface area contributed by atoms with Crippen molar-refractivity contribution in [3.8, 4) is 0 Å². The fourth-order valence-electron chi connectivity index (χ4n) is 1.25. The van der Waals surface area contributed by atoms with Crippen molar-refractivity contribution in [2.45, 2.75) is 24.9 Å². The van der Waals surface area contributed by atoms with Crippen LogP contribution < -0.4 is 16.1 Å². The molecule has 0 saturated carbocycles. The quantitative estimate of drug-likeness (QED) is 0.197. The minimum Gasteiger partial charge on any atom is -0.787 e. The number of carboxylic acid groups (broad SMARTS) is 2. The van der Waals surface area contributed by atoms with E-state index < -0.39 is 42.4 Å². The van der Waals surface area contributed by atoms with Gasteiger partial charge in [0.25, 0.3) is 0 Å². The smallest absolute Gasteiger partial charge is 0.322 e. The second-order valence-electron chi connectivity index (χ2n) is 3.96. The van der Waals surface area contributed by atoms with Crippen LogP contribution in [0.1, 0.15) is 12.8 Å². The molecule has 0 aromatic heterocycles. The maximum absolute atomic E-state index is 11.5. The molecule has 10 nitrogen and oxygen atoms in total. The van der Waals surface area contributed by atoms with Crippen molar-refractivity contribution in [2.24, 2.45) is 0 Å². The first-order chi connectivity index (χ1) is 9.81. The molecule has 11 heteroatoms. The maximum atomic E-state index is 11.5. The number of carboxylic acids is 2. The van der Waals surface area contributed by atoms with Gasteiger partial charge in [-0.2, -0.15) is 12.6 Å². The Bertz CT molecular complexity index is 404. The van der Waals surface area contributed by atoms with Crippen LogP contribution in [0.25, 0.3) is 0 Å². The van der Waals surface area contributed by atoms with Crippen LogP contribution in [0.3, 0.4) is 0 Å². The Morgan fingerprint density at radius 2 is 1.76 bits per heavy atom. The number of hydrogen-bond acceptors (Lipinski definition) is 7. The largest absolute Gasteiger partial charge is 0.787 e. The molecule has 0 saturated heterocycles. The highest BCUT2D eigenvalue weighted by atomic mass is 32.1. The number of thiol groups is 1.